The van der Waals surface area contributed by atoms with Crippen molar-refractivity contribution >= 4 is 46.2 Å². The molecule has 0 atom stereocenters. The van der Waals surface area contributed by atoms with Gasteiger partial charge < -0.3 is 10.1 Å². The minimum absolute atomic E-state index is 0.0294. The highest BCUT2D eigenvalue weighted by Crippen LogP contribution is 2.18. The molecular weight excluding hydrogens is 491 g/mol. The number of rotatable bonds is 5. The lowest BCUT2D eigenvalue weighted by atomic mass is 10.1. The van der Waals surface area contributed by atoms with E-state index in [1.165, 1.54) is 6.08 Å². The van der Waals surface area contributed by atoms with Crippen LogP contribution in [0.15, 0.2) is 78.4 Å². The number of anilines is 1. The summed E-state index contributed by atoms with van der Waals surface area (Å²) in [6, 6.07) is 22.9. The molecule has 0 unspecified atom stereocenters. The summed E-state index contributed by atoms with van der Waals surface area (Å²) in [6.07, 6.45) is 1.48. The molecule has 0 aliphatic carbocycles. The van der Waals surface area contributed by atoms with Gasteiger partial charge in [-0.15, -0.1) is 0 Å². The number of nitrogens with one attached hydrogen (secondary N) is 1. The van der Waals surface area contributed by atoms with Gasteiger partial charge in [0.1, 0.15) is 17.4 Å². The number of nitrogens with zero attached hydrogens (tertiary/aromatic N) is 1. The van der Waals surface area contributed by atoms with E-state index in [4.69, 9.17) is 4.74 Å². The molecule has 0 aliphatic heterocycles. The van der Waals surface area contributed by atoms with Crippen LogP contribution in [-0.4, -0.2) is 11.9 Å². The van der Waals surface area contributed by atoms with Crippen molar-refractivity contribution in [2.24, 2.45) is 0 Å². The molecule has 0 heterocycles. The summed E-state index contributed by atoms with van der Waals surface area (Å²) in [7, 11) is 0. The molecule has 1 amide bonds. The first kappa shape index (κ1) is 21.3. The van der Waals surface area contributed by atoms with Crippen LogP contribution in [0.1, 0.15) is 21.5 Å². The zero-order valence-electron chi connectivity index (χ0n) is 16.1. The Bertz CT molecular complexity index is 1140. The van der Waals surface area contributed by atoms with Crippen LogP contribution < -0.4 is 10.1 Å². The lowest BCUT2D eigenvalue weighted by molar-refractivity contribution is -0.112. The minimum Gasteiger partial charge on any atom is -0.423 e. The van der Waals surface area contributed by atoms with E-state index in [1.807, 2.05) is 43.3 Å². The number of amides is 1. The summed E-state index contributed by atoms with van der Waals surface area (Å²) < 4.78 is 6.34. The summed E-state index contributed by atoms with van der Waals surface area (Å²) in [4.78, 5) is 24.6. The van der Waals surface area contributed by atoms with E-state index >= 15 is 0 Å². The maximum absolute atomic E-state index is 12.4. The Morgan fingerprint density at radius 1 is 1.03 bits per heavy atom. The molecule has 3 aromatic carbocycles. The van der Waals surface area contributed by atoms with Crippen molar-refractivity contribution in [2.45, 2.75) is 6.92 Å². The van der Waals surface area contributed by atoms with E-state index in [2.05, 4.69) is 27.9 Å². The SMILES string of the molecule is Cc1ccc(C(=O)Oc2ccc(/C=C(\C#N)C(=O)Nc3cccc(I)c3)cc2)cc1. The van der Waals surface area contributed by atoms with Crippen LogP contribution in [0.25, 0.3) is 6.08 Å². The van der Waals surface area contributed by atoms with Crippen molar-refractivity contribution in [1.29, 1.82) is 5.26 Å². The molecule has 0 fully saturated rings. The molecule has 5 nitrogen and oxygen atoms in total. The lowest BCUT2D eigenvalue weighted by Crippen LogP contribution is -2.13. The number of benzene rings is 3. The molecule has 0 aliphatic rings. The van der Waals surface area contributed by atoms with Gasteiger partial charge in [-0.05, 0) is 83.6 Å². The van der Waals surface area contributed by atoms with Gasteiger partial charge in [-0.25, -0.2) is 4.79 Å². The molecule has 0 saturated heterocycles. The quantitative estimate of drug-likeness (QED) is 0.165. The topological polar surface area (TPSA) is 79.2 Å². The van der Waals surface area contributed by atoms with Gasteiger partial charge in [-0.3, -0.25) is 4.79 Å². The number of halogens is 1. The normalized spacial score (nSPS) is 10.8. The molecule has 0 bridgehead atoms. The van der Waals surface area contributed by atoms with E-state index in [1.54, 1.807) is 42.5 Å². The number of esters is 1. The number of carbonyl (C=O) groups excluding carboxylic acids is 2. The van der Waals surface area contributed by atoms with Gasteiger partial charge in [0.05, 0.1) is 5.56 Å². The van der Waals surface area contributed by atoms with Gasteiger partial charge in [-0.1, -0.05) is 35.9 Å². The zero-order chi connectivity index (χ0) is 21.5. The van der Waals surface area contributed by atoms with E-state index in [-0.39, 0.29) is 5.57 Å². The first-order chi connectivity index (χ1) is 14.4. The molecule has 3 rings (SSSR count). The fourth-order valence-corrected chi connectivity index (χ4v) is 3.11. The predicted octanol–water partition coefficient (Wildman–Crippen LogP) is 5.36. The van der Waals surface area contributed by atoms with Crippen LogP contribution in [0.2, 0.25) is 0 Å². The monoisotopic (exact) mass is 508 g/mol. The fourth-order valence-electron chi connectivity index (χ4n) is 2.57. The predicted molar refractivity (Wildman–Crippen MR) is 124 cm³/mol. The third-order valence-electron chi connectivity index (χ3n) is 4.14. The van der Waals surface area contributed by atoms with Crippen molar-refractivity contribution < 1.29 is 14.3 Å². The molecule has 1 N–H and O–H groups in total. The molecule has 0 aromatic heterocycles. The van der Waals surface area contributed by atoms with Crippen molar-refractivity contribution in [3.8, 4) is 11.8 Å². The van der Waals surface area contributed by atoms with Crippen molar-refractivity contribution in [2.75, 3.05) is 5.32 Å². The molecular formula is C24H17IN2O3. The van der Waals surface area contributed by atoms with E-state index in [0.29, 0.717) is 22.6 Å². The van der Waals surface area contributed by atoms with Gasteiger partial charge in [-0.2, -0.15) is 5.26 Å². The zero-order valence-corrected chi connectivity index (χ0v) is 18.2. The van der Waals surface area contributed by atoms with Crippen LogP contribution >= 0.6 is 22.6 Å². The number of hydrogen-bond donors (Lipinski definition) is 1. The second-order valence-corrected chi connectivity index (χ2v) is 7.70. The van der Waals surface area contributed by atoms with Crippen LogP contribution in [0.4, 0.5) is 5.69 Å². The Hall–Kier alpha value is -3.44. The molecule has 0 radical (unpaired) electrons. The second-order valence-electron chi connectivity index (χ2n) is 6.46. The smallest absolute Gasteiger partial charge is 0.343 e. The Balaban J connectivity index is 1.68. The summed E-state index contributed by atoms with van der Waals surface area (Å²) >= 11 is 2.15. The molecule has 148 valence electrons. The standard InChI is InChI=1S/C24H17IN2O3/c1-16-5-9-18(10-6-16)24(29)30-22-11-7-17(8-12-22)13-19(15-26)23(28)27-21-4-2-3-20(25)14-21/h2-14H,1H3,(H,27,28)/b19-13+. The van der Waals surface area contributed by atoms with Crippen LogP contribution in [0.5, 0.6) is 5.75 Å². The van der Waals surface area contributed by atoms with Crippen LogP contribution in [0.3, 0.4) is 0 Å². The third kappa shape index (κ3) is 5.78. The van der Waals surface area contributed by atoms with Gasteiger partial charge in [0.15, 0.2) is 0 Å². The highest BCUT2D eigenvalue weighted by Gasteiger charge is 2.11. The number of ether oxygens (including phenoxy) is 1. The first-order valence-corrected chi connectivity index (χ1v) is 10.1. The first-order valence-electron chi connectivity index (χ1n) is 9.02. The number of hydrogen-bond acceptors (Lipinski definition) is 4. The number of nitriles is 1. The number of aryl methyl sites for hydroxylation is 1. The Morgan fingerprint density at radius 3 is 2.37 bits per heavy atom. The molecule has 3 aromatic rings. The van der Waals surface area contributed by atoms with E-state index in [9.17, 15) is 14.9 Å². The Kier molecular flexibility index (Phi) is 6.99. The van der Waals surface area contributed by atoms with Gasteiger partial charge in [0.2, 0.25) is 0 Å². The van der Waals surface area contributed by atoms with Crippen molar-refractivity contribution in [1.82, 2.24) is 0 Å². The minimum atomic E-state index is -0.491. The van der Waals surface area contributed by atoms with Crippen molar-refractivity contribution in [3.63, 3.8) is 0 Å². The van der Waals surface area contributed by atoms with Crippen molar-refractivity contribution in [3.05, 3.63) is 98.6 Å². The van der Waals surface area contributed by atoms with Gasteiger partial charge in [0.25, 0.3) is 5.91 Å². The highest BCUT2D eigenvalue weighted by atomic mass is 127. The fraction of sp³-hybridized carbons (Fsp3) is 0.0417. The van der Waals surface area contributed by atoms with Crippen LogP contribution in [0, 0.1) is 21.8 Å². The van der Waals surface area contributed by atoms with E-state index < -0.39 is 11.9 Å². The average Bonchev–Trinajstić information content (AvgIpc) is 2.73. The van der Waals surface area contributed by atoms with Crippen LogP contribution in [-0.2, 0) is 4.79 Å². The lowest BCUT2D eigenvalue weighted by Gasteiger charge is -2.06. The van der Waals surface area contributed by atoms with Gasteiger partial charge in [0, 0.05) is 9.26 Å². The number of carbonyl (C=O) groups is 2. The highest BCUT2D eigenvalue weighted by molar-refractivity contribution is 14.1. The molecule has 0 spiro atoms. The molecule has 6 heteroatoms. The summed E-state index contributed by atoms with van der Waals surface area (Å²) in [5.41, 5.74) is 2.75. The average molecular weight is 508 g/mol. The second kappa shape index (κ2) is 9.85. The Labute approximate surface area is 188 Å². The summed E-state index contributed by atoms with van der Waals surface area (Å²) in [5.74, 6) is -0.568. The summed E-state index contributed by atoms with van der Waals surface area (Å²) in [6.45, 7) is 1.94. The summed E-state index contributed by atoms with van der Waals surface area (Å²) in [5, 5.41) is 12.1. The maximum Gasteiger partial charge on any atom is 0.343 e. The molecule has 0 saturated carbocycles. The van der Waals surface area contributed by atoms with E-state index in [0.717, 1.165) is 9.13 Å². The third-order valence-corrected chi connectivity index (χ3v) is 4.81. The largest absolute Gasteiger partial charge is 0.423 e. The Morgan fingerprint density at radius 2 is 1.73 bits per heavy atom. The molecule has 30 heavy (non-hydrogen) atoms. The van der Waals surface area contributed by atoms with Gasteiger partial charge >= 0.3 is 5.97 Å². The maximum atomic E-state index is 12.4.